The first-order chi connectivity index (χ1) is 12.4. The molecule has 1 aliphatic heterocycles. The van der Waals surface area contributed by atoms with E-state index in [1.165, 1.54) is 0 Å². The Kier molecular flexibility index (Phi) is 5.21. The molecule has 4 heteroatoms. The van der Waals surface area contributed by atoms with Gasteiger partial charge in [-0.2, -0.15) is 0 Å². The van der Waals surface area contributed by atoms with Crippen LogP contribution in [0.1, 0.15) is 50.8 Å². The van der Waals surface area contributed by atoms with Gasteiger partial charge in [-0.15, -0.1) is 0 Å². The van der Waals surface area contributed by atoms with Crippen LogP contribution in [0.2, 0.25) is 0 Å². The minimum atomic E-state index is -0.519. The number of amides is 1. The molecule has 0 radical (unpaired) electrons. The third-order valence-corrected chi connectivity index (χ3v) is 4.72. The smallest absolute Gasteiger partial charge is 0.261 e. The largest absolute Gasteiger partial charge is 0.487 e. The van der Waals surface area contributed by atoms with Crippen molar-refractivity contribution >= 4 is 5.91 Å². The summed E-state index contributed by atoms with van der Waals surface area (Å²) in [5, 5.41) is 3.18. The molecule has 0 fully saturated rings. The first-order valence-electron chi connectivity index (χ1n) is 9.20. The van der Waals surface area contributed by atoms with Crippen LogP contribution >= 0.6 is 0 Å². The van der Waals surface area contributed by atoms with Gasteiger partial charge in [0.15, 0.2) is 6.10 Å². The Hall–Kier alpha value is -2.49. The fraction of sp³-hybridized carbons (Fsp3) is 0.409. The number of nitrogens with one attached hydrogen (secondary N) is 1. The molecule has 0 saturated heterocycles. The molecule has 2 aromatic rings. The molecule has 0 bridgehead atoms. The van der Waals surface area contributed by atoms with E-state index in [-0.39, 0.29) is 17.6 Å². The highest BCUT2D eigenvalue weighted by Crippen LogP contribution is 2.39. The summed E-state index contributed by atoms with van der Waals surface area (Å²) in [7, 11) is 0. The van der Waals surface area contributed by atoms with Gasteiger partial charge in [0, 0.05) is 12.0 Å². The van der Waals surface area contributed by atoms with E-state index in [1.807, 2.05) is 76.2 Å². The van der Waals surface area contributed by atoms with E-state index >= 15 is 0 Å². The quantitative estimate of drug-likeness (QED) is 0.856. The second-order valence-corrected chi connectivity index (χ2v) is 7.45. The highest BCUT2D eigenvalue weighted by molar-refractivity contribution is 5.81. The zero-order valence-electron chi connectivity index (χ0n) is 15.9. The van der Waals surface area contributed by atoms with Crippen molar-refractivity contribution in [1.29, 1.82) is 0 Å². The minimum absolute atomic E-state index is 0.0861. The number of rotatable bonds is 5. The molecule has 0 saturated carbocycles. The first-order valence-corrected chi connectivity index (χ1v) is 9.20. The van der Waals surface area contributed by atoms with Crippen molar-refractivity contribution < 1.29 is 14.3 Å². The van der Waals surface area contributed by atoms with Crippen LogP contribution in [-0.4, -0.2) is 17.6 Å². The number of para-hydroxylation sites is 2. The summed E-state index contributed by atoms with van der Waals surface area (Å²) in [6.45, 7) is 8.04. The van der Waals surface area contributed by atoms with Crippen molar-refractivity contribution in [2.75, 3.05) is 0 Å². The van der Waals surface area contributed by atoms with E-state index in [1.54, 1.807) is 0 Å². The molecule has 4 nitrogen and oxygen atoms in total. The standard InChI is InChI=1S/C22H27NO3/c1-5-18(25-19-12-8-6-10-15(19)2)21(24)23-17-14-22(3,4)26-20-13-9-7-11-16(17)20/h6-13,17-18H,5,14H2,1-4H3,(H,23,24)/t17-,18+/m0/s1. The van der Waals surface area contributed by atoms with Gasteiger partial charge in [0.25, 0.3) is 5.91 Å². The van der Waals surface area contributed by atoms with Crippen LogP contribution < -0.4 is 14.8 Å². The van der Waals surface area contributed by atoms with Crippen LogP contribution in [0.3, 0.4) is 0 Å². The lowest BCUT2D eigenvalue weighted by Gasteiger charge is -2.38. The summed E-state index contributed by atoms with van der Waals surface area (Å²) in [5.41, 5.74) is 1.72. The maximum absolute atomic E-state index is 12.9. The molecule has 138 valence electrons. The van der Waals surface area contributed by atoms with Crippen LogP contribution in [0.4, 0.5) is 0 Å². The van der Waals surface area contributed by atoms with Gasteiger partial charge >= 0.3 is 0 Å². The Morgan fingerprint density at radius 3 is 2.65 bits per heavy atom. The summed E-state index contributed by atoms with van der Waals surface area (Å²) < 4.78 is 12.0. The number of carbonyl (C=O) groups excluding carboxylic acids is 1. The minimum Gasteiger partial charge on any atom is -0.487 e. The zero-order valence-corrected chi connectivity index (χ0v) is 15.9. The van der Waals surface area contributed by atoms with Gasteiger partial charge in [-0.25, -0.2) is 0 Å². The monoisotopic (exact) mass is 353 g/mol. The van der Waals surface area contributed by atoms with Gasteiger partial charge in [-0.1, -0.05) is 43.3 Å². The van der Waals surface area contributed by atoms with Crippen molar-refractivity contribution in [3.8, 4) is 11.5 Å². The van der Waals surface area contributed by atoms with Gasteiger partial charge in [-0.05, 0) is 44.9 Å². The third-order valence-electron chi connectivity index (χ3n) is 4.72. The average Bonchev–Trinajstić information content (AvgIpc) is 2.60. The molecule has 1 heterocycles. The molecular formula is C22H27NO3. The molecule has 1 amide bonds. The van der Waals surface area contributed by atoms with E-state index in [2.05, 4.69) is 5.32 Å². The third kappa shape index (κ3) is 4.01. The summed E-state index contributed by atoms with van der Waals surface area (Å²) >= 11 is 0. The summed E-state index contributed by atoms with van der Waals surface area (Å²) in [4.78, 5) is 12.9. The summed E-state index contributed by atoms with van der Waals surface area (Å²) in [5.74, 6) is 1.50. The maximum atomic E-state index is 12.9. The Morgan fingerprint density at radius 2 is 1.92 bits per heavy atom. The Bertz CT molecular complexity index is 784. The molecule has 26 heavy (non-hydrogen) atoms. The number of aryl methyl sites for hydroxylation is 1. The fourth-order valence-corrected chi connectivity index (χ4v) is 3.36. The number of hydrogen-bond donors (Lipinski definition) is 1. The zero-order chi connectivity index (χ0) is 18.7. The normalized spacial score (nSPS) is 19.0. The maximum Gasteiger partial charge on any atom is 0.261 e. The fourth-order valence-electron chi connectivity index (χ4n) is 3.36. The van der Waals surface area contributed by atoms with E-state index in [4.69, 9.17) is 9.47 Å². The number of fused-ring (bicyclic) bond motifs is 1. The SMILES string of the molecule is CC[C@@H](Oc1ccccc1C)C(=O)N[C@H]1CC(C)(C)Oc2ccccc21. The first kappa shape index (κ1) is 18.3. The van der Waals surface area contributed by atoms with E-state index in [9.17, 15) is 4.79 Å². The van der Waals surface area contributed by atoms with Crippen LogP contribution in [0, 0.1) is 6.92 Å². The molecule has 0 unspecified atom stereocenters. The van der Waals surface area contributed by atoms with Crippen LogP contribution in [0.25, 0.3) is 0 Å². The van der Waals surface area contributed by atoms with Crippen LogP contribution in [0.15, 0.2) is 48.5 Å². The molecule has 2 atom stereocenters. The van der Waals surface area contributed by atoms with Crippen molar-refractivity contribution in [2.45, 2.75) is 58.3 Å². The molecule has 3 rings (SSSR count). The summed E-state index contributed by atoms with van der Waals surface area (Å²) in [6.07, 6.45) is 0.805. The van der Waals surface area contributed by atoms with Gasteiger partial charge in [0.05, 0.1) is 6.04 Å². The molecule has 1 N–H and O–H groups in total. The average molecular weight is 353 g/mol. The molecule has 1 aliphatic rings. The lowest BCUT2D eigenvalue weighted by Crippen LogP contribution is -2.45. The predicted octanol–water partition coefficient (Wildman–Crippen LogP) is 4.57. The van der Waals surface area contributed by atoms with Crippen LogP contribution in [0.5, 0.6) is 11.5 Å². The molecule has 0 aromatic heterocycles. The lowest BCUT2D eigenvalue weighted by atomic mass is 9.89. The summed E-state index contributed by atoms with van der Waals surface area (Å²) in [6, 6.07) is 15.6. The topological polar surface area (TPSA) is 47.6 Å². The van der Waals surface area contributed by atoms with E-state index in [0.29, 0.717) is 6.42 Å². The number of carbonyl (C=O) groups is 1. The van der Waals surface area contributed by atoms with Gasteiger partial charge < -0.3 is 14.8 Å². The van der Waals surface area contributed by atoms with Gasteiger partial charge in [-0.3, -0.25) is 4.79 Å². The predicted molar refractivity (Wildman–Crippen MR) is 103 cm³/mol. The van der Waals surface area contributed by atoms with Crippen molar-refractivity contribution in [3.63, 3.8) is 0 Å². The van der Waals surface area contributed by atoms with Gasteiger partial charge in [0.2, 0.25) is 0 Å². The van der Waals surface area contributed by atoms with Crippen molar-refractivity contribution in [3.05, 3.63) is 59.7 Å². The molecule has 2 aromatic carbocycles. The van der Waals surface area contributed by atoms with Crippen molar-refractivity contribution in [1.82, 2.24) is 5.32 Å². The number of benzene rings is 2. The molecule has 0 spiro atoms. The number of hydrogen-bond acceptors (Lipinski definition) is 3. The Morgan fingerprint density at radius 1 is 1.23 bits per heavy atom. The van der Waals surface area contributed by atoms with E-state index < -0.39 is 6.10 Å². The van der Waals surface area contributed by atoms with Gasteiger partial charge in [0.1, 0.15) is 17.1 Å². The highest BCUT2D eigenvalue weighted by Gasteiger charge is 2.35. The Balaban J connectivity index is 1.77. The second-order valence-electron chi connectivity index (χ2n) is 7.45. The van der Waals surface area contributed by atoms with E-state index in [0.717, 1.165) is 29.0 Å². The number of ether oxygens (including phenoxy) is 2. The van der Waals surface area contributed by atoms with Crippen LogP contribution in [-0.2, 0) is 4.79 Å². The Labute approximate surface area is 155 Å². The second kappa shape index (κ2) is 7.40. The highest BCUT2D eigenvalue weighted by atomic mass is 16.5. The van der Waals surface area contributed by atoms with Crippen molar-refractivity contribution in [2.24, 2.45) is 0 Å². The molecule has 0 aliphatic carbocycles. The molecular weight excluding hydrogens is 326 g/mol. The lowest BCUT2D eigenvalue weighted by molar-refractivity contribution is -0.129.